The highest BCUT2D eigenvalue weighted by Crippen LogP contribution is 2.31. The molecule has 7 heteroatoms. The van der Waals surface area contributed by atoms with Crippen molar-refractivity contribution < 1.29 is 14.0 Å². The van der Waals surface area contributed by atoms with Crippen LogP contribution in [0.1, 0.15) is 60.8 Å². The summed E-state index contributed by atoms with van der Waals surface area (Å²) in [6.07, 6.45) is 5.39. The van der Waals surface area contributed by atoms with E-state index in [4.69, 9.17) is 9.97 Å². The minimum Gasteiger partial charge on any atom is -0.342 e. The van der Waals surface area contributed by atoms with Crippen LogP contribution in [-0.2, 0) is 16.0 Å². The van der Waals surface area contributed by atoms with Crippen molar-refractivity contribution in [1.82, 2.24) is 14.9 Å². The molecule has 1 aromatic heterocycles. The smallest absolute Gasteiger partial charge is 0.228 e. The molecule has 1 saturated heterocycles. The van der Waals surface area contributed by atoms with Crippen LogP contribution in [0, 0.1) is 25.6 Å². The molecule has 2 amide bonds. The highest BCUT2D eigenvalue weighted by atomic mass is 19.1. The van der Waals surface area contributed by atoms with Crippen molar-refractivity contribution in [3.63, 3.8) is 0 Å². The molecule has 2 aromatic rings. The predicted molar refractivity (Wildman–Crippen MR) is 116 cm³/mol. The number of aryl methyl sites for hydroxylation is 2. The predicted octanol–water partition coefficient (Wildman–Crippen LogP) is 3.92. The first-order chi connectivity index (χ1) is 14.9. The Kier molecular flexibility index (Phi) is 6.30. The number of rotatable bonds is 5. The second kappa shape index (κ2) is 9.12. The van der Waals surface area contributed by atoms with Gasteiger partial charge in [-0.15, -0.1) is 0 Å². The Morgan fingerprint density at radius 3 is 2.35 bits per heavy atom. The SMILES string of the molecule is Cc1nc([C@@H]2CCN(C(=O)C3CCCC3)C2)nc(C)c1CC(=O)Nc1ccc(F)cc1. The molecule has 2 aliphatic rings. The summed E-state index contributed by atoms with van der Waals surface area (Å²) in [5.74, 6) is 0.865. The first kappa shape index (κ1) is 21.4. The van der Waals surface area contributed by atoms with Gasteiger partial charge in [0.1, 0.15) is 11.6 Å². The van der Waals surface area contributed by atoms with Gasteiger partial charge in [-0.2, -0.15) is 0 Å². The lowest BCUT2D eigenvalue weighted by Crippen LogP contribution is -2.33. The molecule has 164 valence electrons. The second-order valence-electron chi connectivity index (χ2n) is 8.71. The Bertz CT molecular complexity index is 947. The van der Waals surface area contributed by atoms with Gasteiger partial charge in [-0.25, -0.2) is 14.4 Å². The van der Waals surface area contributed by atoms with Crippen molar-refractivity contribution in [1.29, 1.82) is 0 Å². The van der Waals surface area contributed by atoms with E-state index in [1.807, 2.05) is 18.7 Å². The maximum absolute atomic E-state index is 13.0. The molecule has 1 aliphatic carbocycles. The van der Waals surface area contributed by atoms with E-state index >= 15 is 0 Å². The van der Waals surface area contributed by atoms with Crippen LogP contribution in [0.2, 0.25) is 0 Å². The van der Waals surface area contributed by atoms with Crippen LogP contribution in [0.4, 0.5) is 10.1 Å². The standard InChI is InChI=1S/C24H29FN4O2/c1-15-21(13-22(30)28-20-9-7-19(25)8-10-20)16(2)27-23(26-15)18-11-12-29(14-18)24(31)17-5-3-4-6-17/h7-10,17-18H,3-6,11-14H2,1-2H3,(H,28,30)/t18-/m1/s1. The van der Waals surface area contributed by atoms with Gasteiger partial charge in [-0.3, -0.25) is 9.59 Å². The third-order valence-electron chi connectivity index (χ3n) is 6.47. The number of hydrogen-bond donors (Lipinski definition) is 1. The summed E-state index contributed by atoms with van der Waals surface area (Å²) in [4.78, 5) is 36.6. The van der Waals surface area contributed by atoms with Crippen LogP contribution >= 0.6 is 0 Å². The molecular weight excluding hydrogens is 395 g/mol. The van der Waals surface area contributed by atoms with Gasteiger partial charge in [0.15, 0.2) is 0 Å². The maximum atomic E-state index is 13.0. The number of hydrogen-bond acceptors (Lipinski definition) is 4. The van der Waals surface area contributed by atoms with Crippen LogP contribution in [-0.4, -0.2) is 39.8 Å². The normalized spacial score (nSPS) is 19.1. The summed E-state index contributed by atoms with van der Waals surface area (Å²) in [5, 5.41) is 2.78. The van der Waals surface area contributed by atoms with E-state index in [9.17, 15) is 14.0 Å². The fraction of sp³-hybridized carbons (Fsp3) is 0.500. The Labute approximate surface area is 182 Å². The van der Waals surface area contributed by atoms with Crippen molar-refractivity contribution in [3.05, 3.63) is 52.9 Å². The first-order valence-corrected chi connectivity index (χ1v) is 11.1. The molecule has 2 heterocycles. The van der Waals surface area contributed by atoms with E-state index < -0.39 is 0 Å². The van der Waals surface area contributed by atoms with Gasteiger partial charge in [-0.05, 0) is 57.4 Å². The van der Waals surface area contributed by atoms with Crippen molar-refractivity contribution >= 4 is 17.5 Å². The van der Waals surface area contributed by atoms with Crippen molar-refractivity contribution in [2.24, 2.45) is 5.92 Å². The molecule has 1 atom stereocenters. The summed E-state index contributed by atoms with van der Waals surface area (Å²) < 4.78 is 13.0. The van der Waals surface area contributed by atoms with Gasteiger partial charge < -0.3 is 10.2 Å². The summed E-state index contributed by atoms with van der Waals surface area (Å²) >= 11 is 0. The zero-order chi connectivity index (χ0) is 22.0. The molecular formula is C24H29FN4O2. The Morgan fingerprint density at radius 1 is 1.06 bits per heavy atom. The third-order valence-corrected chi connectivity index (χ3v) is 6.47. The minimum atomic E-state index is -0.343. The summed E-state index contributed by atoms with van der Waals surface area (Å²) in [7, 11) is 0. The number of carbonyl (C=O) groups excluding carboxylic acids is 2. The lowest BCUT2D eigenvalue weighted by atomic mass is 10.0. The highest BCUT2D eigenvalue weighted by Gasteiger charge is 2.34. The Balaban J connectivity index is 1.40. The largest absolute Gasteiger partial charge is 0.342 e. The molecule has 0 unspecified atom stereocenters. The lowest BCUT2D eigenvalue weighted by Gasteiger charge is -2.20. The van der Waals surface area contributed by atoms with Crippen LogP contribution in [0.25, 0.3) is 0 Å². The number of halogens is 1. The van der Waals surface area contributed by atoms with E-state index in [0.717, 1.165) is 61.4 Å². The first-order valence-electron chi connectivity index (χ1n) is 11.1. The Morgan fingerprint density at radius 2 is 1.71 bits per heavy atom. The number of amides is 2. The van der Waals surface area contributed by atoms with Gasteiger partial charge >= 0.3 is 0 Å². The summed E-state index contributed by atoms with van der Waals surface area (Å²) in [5.41, 5.74) is 2.94. The summed E-state index contributed by atoms with van der Waals surface area (Å²) in [6.45, 7) is 5.24. The number of anilines is 1. The van der Waals surface area contributed by atoms with Gasteiger partial charge in [0.05, 0.1) is 6.42 Å². The monoisotopic (exact) mass is 424 g/mol. The molecule has 0 radical (unpaired) electrons. The van der Waals surface area contributed by atoms with Gasteiger partial charge in [0, 0.05) is 47.6 Å². The molecule has 6 nitrogen and oxygen atoms in total. The lowest BCUT2D eigenvalue weighted by molar-refractivity contribution is -0.134. The molecule has 2 fully saturated rings. The van der Waals surface area contributed by atoms with E-state index in [1.165, 1.54) is 24.3 Å². The molecule has 0 spiro atoms. The van der Waals surface area contributed by atoms with Crippen LogP contribution in [0.3, 0.4) is 0 Å². The molecule has 4 rings (SSSR count). The fourth-order valence-corrected chi connectivity index (χ4v) is 4.70. The molecule has 1 saturated carbocycles. The highest BCUT2D eigenvalue weighted by molar-refractivity contribution is 5.92. The Hall–Kier alpha value is -2.83. The van der Waals surface area contributed by atoms with Gasteiger partial charge in [0.25, 0.3) is 0 Å². The number of aromatic nitrogens is 2. The quantitative estimate of drug-likeness (QED) is 0.789. The molecule has 0 bridgehead atoms. The van der Waals surface area contributed by atoms with Crippen molar-refractivity contribution in [3.8, 4) is 0 Å². The zero-order valence-corrected chi connectivity index (χ0v) is 18.2. The molecule has 31 heavy (non-hydrogen) atoms. The second-order valence-corrected chi connectivity index (χ2v) is 8.71. The van der Waals surface area contributed by atoms with Crippen molar-refractivity contribution in [2.45, 2.75) is 58.3 Å². The number of carbonyl (C=O) groups is 2. The number of likely N-dealkylation sites (tertiary alicyclic amines) is 1. The number of nitrogens with one attached hydrogen (secondary N) is 1. The molecule has 1 N–H and O–H groups in total. The fourth-order valence-electron chi connectivity index (χ4n) is 4.70. The molecule has 1 aliphatic heterocycles. The van der Waals surface area contributed by atoms with E-state index in [1.54, 1.807) is 0 Å². The zero-order valence-electron chi connectivity index (χ0n) is 18.2. The topological polar surface area (TPSA) is 75.2 Å². The number of benzene rings is 1. The number of nitrogens with zero attached hydrogens (tertiary/aromatic N) is 3. The van der Waals surface area contributed by atoms with Crippen molar-refractivity contribution in [2.75, 3.05) is 18.4 Å². The average molecular weight is 425 g/mol. The van der Waals surface area contributed by atoms with Crippen LogP contribution < -0.4 is 5.32 Å². The third kappa shape index (κ3) is 4.92. The van der Waals surface area contributed by atoms with Crippen LogP contribution in [0.15, 0.2) is 24.3 Å². The maximum Gasteiger partial charge on any atom is 0.228 e. The van der Waals surface area contributed by atoms with E-state index in [-0.39, 0.29) is 30.0 Å². The van der Waals surface area contributed by atoms with Gasteiger partial charge in [0.2, 0.25) is 11.8 Å². The summed E-state index contributed by atoms with van der Waals surface area (Å²) in [6, 6.07) is 5.69. The minimum absolute atomic E-state index is 0.143. The molecule has 1 aromatic carbocycles. The van der Waals surface area contributed by atoms with Gasteiger partial charge in [-0.1, -0.05) is 12.8 Å². The van der Waals surface area contributed by atoms with E-state index in [0.29, 0.717) is 18.1 Å². The average Bonchev–Trinajstić information content (AvgIpc) is 3.44. The van der Waals surface area contributed by atoms with E-state index in [2.05, 4.69) is 5.32 Å². The van der Waals surface area contributed by atoms with Crippen LogP contribution in [0.5, 0.6) is 0 Å².